The van der Waals surface area contributed by atoms with Crippen molar-refractivity contribution in [2.24, 2.45) is 0 Å². The minimum Gasteiger partial charge on any atom is -0.508 e. The third kappa shape index (κ3) is 8.73. The molecule has 3 amide bonds. The Labute approximate surface area is 236 Å². The summed E-state index contributed by atoms with van der Waals surface area (Å²) in [5, 5.41) is 17.8. The highest BCUT2D eigenvalue weighted by molar-refractivity contribution is 6.00. The van der Waals surface area contributed by atoms with Gasteiger partial charge in [-0.15, -0.1) is 0 Å². The Hall–Kier alpha value is -4.07. The van der Waals surface area contributed by atoms with Crippen molar-refractivity contribution in [1.82, 2.24) is 10.2 Å². The number of alkyl carbamates (subject to hydrolysis) is 1. The minimum atomic E-state index is -1.05. The summed E-state index contributed by atoms with van der Waals surface area (Å²) in [5.41, 5.74) is 0.329. The smallest absolute Gasteiger partial charge is 0.408 e. The van der Waals surface area contributed by atoms with Crippen molar-refractivity contribution >= 4 is 34.4 Å². The second-order valence-electron chi connectivity index (χ2n) is 11.0. The van der Waals surface area contributed by atoms with Crippen molar-refractivity contribution in [1.29, 1.82) is 0 Å². The molecule has 0 aliphatic carbocycles. The maximum Gasteiger partial charge on any atom is 0.408 e. The summed E-state index contributed by atoms with van der Waals surface area (Å²) in [5.74, 6) is -0.863. The molecule has 214 valence electrons. The Morgan fingerprint density at radius 1 is 0.925 bits per heavy atom. The first-order valence-corrected chi connectivity index (χ1v) is 13.9. The average molecular weight is 548 g/mol. The van der Waals surface area contributed by atoms with Crippen LogP contribution in [-0.4, -0.2) is 46.1 Å². The highest BCUT2D eigenvalue weighted by atomic mass is 16.6. The van der Waals surface area contributed by atoms with E-state index in [1.807, 2.05) is 42.5 Å². The summed E-state index contributed by atoms with van der Waals surface area (Å²) < 4.78 is 5.34. The number of carbonyl (C=O) groups is 3. The standard InChI is InChI=1S/C32H41N3O5/c1-6-7-8-11-19-35(30(38)22(2)33-31(39)40-32(3,4)5)28(25-15-12-16-27(36)21-25)29(37)34-26-18-17-23-13-9-10-14-24(23)20-26/h9-10,12-18,20-22,28,36H,6-8,11,19H2,1-5H3,(H,33,39)(H,34,37). The number of ether oxygens (including phenoxy) is 1. The summed E-state index contributed by atoms with van der Waals surface area (Å²) in [6.07, 6.45) is 2.86. The minimum absolute atomic E-state index is 0.0145. The zero-order chi connectivity index (χ0) is 29.3. The summed E-state index contributed by atoms with van der Waals surface area (Å²) in [4.78, 5) is 41.7. The van der Waals surface area contributed by atoms with Crippen molar-refractivity contribution in [3.8, 4) is 5.75 Å². The van der Waals surface area contributed by atoms with Gasteiger partial charge in [0.05, 0.1) is 0 Å². The molecule has 2 unspecified atom stereocenters. The first kappa shape index (κ1) is 30.5. The SMILES string of the molecule is CCCCCCN(C(=O)C(C)NC(=O)OC(C)(C)C)C(C(=O)Nc1ccc2ccccc2c1)c1cccc(O)c1. The van der Waals surface area contributed by atoms with Gasteiger partial charge in [-0.2, -0.15) is 0 Å². The molecule has 8 heteroatoms. The molecule has 8 nitrogen and oxygen atoms in total. The number of fused-ring (bicyclic) bond motifs is 1. The molecule has 40 heavy (non-hydrogen) atoms. The quantitative estimate of drug-likeness (QED) is 0.236. The topological polar surface area (TPSA) is 108 Å². The van der Waals surface area contributed by atoms with Gasteiger partial charge in [-0.3, -0.25) is 9.59 Å². The van der Waals surface area contributed by atoms with Crippen molar-refractivity contribution in [2.75, 3.05) is 11.9 Å². The lowest BCUT2D eigenvalue weighted by atomic mass is 10.0. The number of phenolic OH excluding ortho intramolecular Hbond substituents is 1. The zero-order valence-corrected chi connectivity index (χ0v) is 24.1. The predicted molar refractivity (Wildman–Crippen MR) is 158 cm³/mol. The third-order valence-electron chi connectivity index (χ3n) is 6.40. The molecule has 0 radical (unpaired) electrons. The second kappa shape index (κ2) is 13.8. The molecule has 3 aromatic carbocycles. The maximum absolute atomic E-state index is 13.9. The van der Waals surface area contributed by atoms with Gasteiger partial charge in [0, 0.05) is 12.2 Å². The van der Waals surface area contributed by atoms with Crippen LogP contribution in [0.15, 0.2) is 66.7 Å². The summed E-state index contributed by atoms with van der Waals surface area (Å²) in [7, 11) is 0. The Bertz CT molecular complexity index is 1320. The van der Waals surface area contributed by atoms with E-state index in [4.69, 9.17) is 4.74 Å². The number of anilines is 1. The molecule has 3 aromatic rings. The molecule has 0 aliphatic rings. The van der Waals surface area contributed by atoms with Crippen LogP contribution in [0.25, 0.3) is 10.8 Å². The Morgan fingerprint density at radius 2 is 1.65 bits per heavy atom. The van der Waals surface area contributed by atoms with Crippen molar-refractivity contribution < 1.29 is 24.2 Å². The van der Waals surface area contributed by atoms with Crippen molar-refractivity contribution in [2.45, 2.75) is 78.0 Å². The highest BCUT2D eigenvalue weighted by Gasteiger charge is 2.34. The number of phenols is 1. The van der Waals surface area contributed by atoms with Gasteiger partial charge in [-0.25, -0.2) is 4.79 Å². The fourth-order valence-electron chi connectivity index (χ4n) is 4.52. The van der Waals surface area contributed by atoms with Crippen LogP contribution in [0.5, 0.6) is 5.75 Å². The van der Waals surface area contributed by atoms with E-state index in [-0.39, 0.29) is 5.75 Å². The van der Waals surface area contributed by atoms with Gasteiger partial charge >= 0.3 is 6.09 Å². The summed E-state index contributed by atoms with van der Waals surface area (Å²) >= 11 is 0. The monoisotopic (exact) mass is 547 g/mol. The molecule has 0 bridgehead atoms. The van der Waals surface area contributed by atoms with Crippen LogP contribution in [0.4, 0.5) is 10.5 Å². The molecule has 0 aromatic heterocycles. The molecular weight excluding hydrogens is 506 g/mol. The Morgan fingerprint density at radius 3 is 2.33 bits per heavy atom. The van der Waals surface area contributed by atoms with Crippen LogP contribution >= 0.6 is 0 Å². The van der Waals surface area contributed by atoms with Crippen molar-refractivity contribution in [3.63, 3.8) is 0 Å². The summed E-state index contributed by atoms with van der Waals surface area (Å²) in [6.45, 7) is 9.20. The highest BCUT2D eigenvalue weighted by Crippen LogP contribution is 2.28. The van der Waals surface area contributed by atoms with E-state index < -0.39 is 35.6 Å². The molecule has 3 N–H and O–H groups in total. The van der Waals surface area contributed by atoms with Gasteiger partial charge < -0.3 is 25.4 Å². The van der Waals surface area contributed by atoms with Crippen LogP contribution in [-0.2, 0) is 14.3 Å². The second-order valence-corrected chi connectivity index (χ2v) is 11.0. The average Bonchev–Trinajstić information content (AvgIpc) is 2.88. The van der Waals surface area contributed by atoms with Gasteiger partial charge in [-0.05, 0) is 74.7 Å². The molecule has 2 atom stereocenters. The van der Waals surface area contributed by atoms with E-state index >= 15 is 0 Å². The number of nitrogens with zero attached hydrogens (tertiary/aromatic N) is 1. The lowest BCUT2D eigenvalue weighted by Crippen LogP contribution is -2.51. The fraction of sp³-hybridized carbons (Fsp3) is 0.406. The molecule has 0 saturated carbocycles. The lowest BCUT2D eigenvalue weighted by Gasteiger charge is -2.34. The van der Waals surface area contributed by atoms with E-state index in [2.05, 4.69) is 17.6 Å². The first-order chi connectivity index (χ1) is 19.0. The van der Waals surface area contributed by atoms with Gasteiger partial charge in [0.1, 0.15) is 23.4 Å². The molecule has 0 spiro atoms. The van der Waals surface area contributed by atoms with E-state index in [0.717, 1.165) is 30.0 Å². The van der Waals surface area contributed by atoms with Crippen LogP contribution in [0.1, 0.15) is 71.9 Å². The molecule has 0 aliphatic heterocycles. The number of aromatic hydroxyl groups is 1. The molecule has 0 heterocycles. The number of nitrogens with one attached hydrogen (secondary N) is 2. The van der Waals surface area contributed by atoms with Gasteiger partial charge in [0.25, 0.3) is 5.91 Å². The van der Waals surface area contributed by atoms with E-state index in [9.17, 15) is 19.5 Å². The first-order valence-electron chi connectivity index (χ1n) is 13.9. The number of unbranched alkanes of at least 4 members (excludes halogenated alkanes) is 3. The Kier molecular flexibility index (Phi) is 10.5. The van der Waals surface area contributed by atoms with Gasteiger partial charge in [0.15, 0.2) is 0 Å². The fourth-order valence-corrected chi connectivity index (χ4v) is 4.52. The largest absolute Gasteiger partial charge is 0.508 e. The van der Waals surface area contributed by atoms with E-state index in [0.29, 0.717) is 24.2 Å². The number of hydrogen-bond acceptors (Lipinski definition) is 5. The van der Waals surface area contributed by atoms with Crippen molar-refractivity contribution in [3.05, 3.63) is 72.3 Å². The molecule has 0 fully saturated rings. The molecule has 0 saturated heterocycles. The van der Waals surface area contributed by atoms with Crippen LogP contribution < -0.4 is 10.6 Å². The normalized spacial score (nSPS) is 12.8. The van der Waals surface area contributed by atoms with Crippen LogP contribution in [0.2, 0.25) is 0 Å². The maximum atomic E-state index is 13.9. The summed E-state index contributed by atoms with van der Waals surface area (Å²) in [6, 6.07) is 17.8. The number of amides is 3. The lowest BCUT2D eigenvalue weighted by molar-refractivity contribution is -0.140. The number of rotatable bonds is 11. The predicted octanol–water partition coefficient (Wildman–Crippen LogP) is 6.55. The van der Waals surface area contributed by atoms with Gasteiger partial charge in [-0.1, -0.05) is 68.7 Å². The van der Waals surface area contributed by atoms with Crippen LogP contribution in [0, 0.1) is 0 Å². The van der Waals surface area contributed by atoms with E-state index in [1.54, 1.807) is 39.8 Å². The molecule has 3 rings (SSSR count). The zero-order valence-electron chi connectivity index (χ0n) is 24.1. The number of carbonyl (C=O) groups excluding carboxylic acids is 3. The number of benzene rings is 3. The van der Waals surface area contributed by atoms with Gasteiger partial charge in [0.2, 0.25) is 5.91 Å². The van der Waals surface area contributed by atoms with Crippen LogP contribution in [0.3, 0.4) is 0 Å². The third-order valence-corrected chi connectivity index (χ3v) is 6.40. The molecular formula is C32H41N3O5. The number of hydrogen-bond donors (Lipinski definition) is 3. The van der Waals surface area contributed by atoms with E-state index in [1.165, 1.54) is 17.0 Å². The Balaban J connectivity index is 1.95.